The summed E-state index contributed by atoms with van der Waals surface area (Å²) in [4.78, 5) is 18.7. The van der Waals surface area contributed by atoms with E-state index >= 15 is 0 Å². The van der Waals surface area contributed by atoms with Gasteiger partial charge in [-0.25, -0.2) is 13.6 Å². The summed E-state index contributed by atoms with van der Waals surface area (Å²) in [6, 6.07) is 11.5. The van der Waals surface area contributed by atoms with E-state index in [0.29, 0.717) is 38.2 Å². The van der Waals surface area contributed by atoms with Crippen LogP contribution in [0.15, 0.2) is 48.2 Å². The number of halogens is 2. The minimum atomic E-state index is -2.51. The second-order valence-corrected chi connectivity index (χ2v) is 9.62. The Morgan fingerprint density at radius 2 is 2.06 bits per heavy atom. The van der Waals surface area contributed by atoms with E-state index in [9.17, 15) is 13.6 Å². The number of piperidine rings is 1. The average Bonchev–Trinajstić information content (AvgIpc) is 2.81. The standard InChI is InChI=1S/C27H33F2N3O2/c1-19-17-32(26(33)31-24-7-6-20(2)30-16-24)13-10-23(19)14-22-4-3-5-25(15-22)34-18-21-8-11-27(28,29)12-9-21/h3-7,14-16,19,21H,8-13,17-18H2,1-2H3,(H,31,33)/b23-14+. The number of pyridine rings is 1. The summed E-state index contributed by atoms with van der Waals surface area (Å²) < 4.78 is 32.6. The van der Waals surface area contributed by atoms with Gasteiger partial charge in [0.05, 0.1) is 18.5 Å². The van der Waals surface area contributed by atoms with E-state index in [0.717, 1.165) is 23.4 Å². The molecule has 5 nitrogen and oxygen atoms in total. The van der Waals surface area contributed by atoms with E-state index in [1.54, 1.807) is 6.20 Å². The Hall–Kier alpha value is -2.96. The highest BCUT2D eigenvalue weighted by molar-refractivity contribution is 5.89. The molecule has 2 aliphatic rings. The highest BCUT2D eigenvalue weighted by atomic mass is 19.3. The summed E-state index contributed by atoms with van der Waals surface area (Å²) in [6.07, 6.45) is 5.60. The number of carbonyl (C=O) groups is 1. The second kappa shape index (κ2) is 10.5. The second-order valence-electron chi connectivity index (χ2n) is 9.62. The number of ether oxygens (including phenoxy) is 1. The van der Waals surface area contributed by atoms with Gasteiger partial charge in [-0.1, -0.05) is 30.7 Å². The molecule has 1 N–H and O–H groups in total. The third kappa shape index (κ3) is 6.55. The number of carbonyl (C=O) groups excluding carboxylic acids is 1. The molecule has 2 fully saturated rings. The molecular formula is C27H33F2N3O2. The largest absolute Gasteiger partial charge is 0.493 e. The van der Waals surface area contributed by atoms with Crippen LogP contribution in [0.5, 0.6) is 5.75 Å². The number of nitrogens with zero attached hydrogens (tertiary/aromatic N) is 2. The highest BCUT2D eigenvalue weighted by Gasteiger charge is 2.35. The molecule has 1 aliphatic heterocycles. The van der Waals surface area contributed by atoms with E-state index in [1.807, 2.05) is 48.2 Å². The van der Waals surface area contributed by atoms with Gasteiger partial charge in [0.25, 0.3) is 0 Å². The van der Waals surface area contributed by atoms with Crippen molar-refractivity contribution in [2.24, 2.45) is 11.8 Å². The molecule has 1 aromatic heterocycles. The fourth-order valence-electron chi connectivity index (χ4n) is 4.58. The van der Waals surface area contributed by atoms with Crippen molar-refractivity contribution in [2.75, 3.05) is 25.0 Å². The Balaban J connectivity index is 1.30. The van der Waals surface area contributed by atoms with Crippen LogP contribution in [-0.4, -0.2) is 41.5 Å². The molecule has 1 unspecified atom stereocenters. The lowest BCUT2D eigenvalue weighted by Gasteiger charge is -2.33. The van der Waals surface area contributed by atoms with Crippen molar-refractivity contribution in [1.29, 1.82) is 0 Å². The molecule has 34 heavy (non-hydrogen) atoms. The Kier molecular flexibility index (Phi) is 7.49. The van der Waals surface area contributed by atoms with E-state index < -0.39 is 5.92 Å². The molecule has 7 heteroatoms. The maximum absolute atomic E-state index is 13.4. The zero-order chi connectivity index (χ0) is 24.1. The monoisotopic (exact) mass is 469 g/mol. The Morgan fingerprint density at radius 1 is 1.26 bits per heavy atom. The van der Waals surface area contributed by atoms with Crippen LogP contribution >= 0.6 is 0 Å². The minimum absolute atomic E-state index is 0.0397. The zero-order valence-electron chi connectivity index (χ0n) is 19.9. The van der Waals surface area contributed by atoms with Crippen molar-refractivity contribution < 1.29 is 18.3 Å². The Bertz CT molecular complexity index is 1010. The first-order valence-corrected chi connectivity index (χ1v) is 12.1. The first kappa shape index (κ1) is 24.2. The van der Waals surface area contributed by atoms with Crippen molar-refractivity contribution >= 4 is 17.8 Å². The summed E-state index contributed by atoms with van der Waals surface area (Å²) in [7, 11) is 0. The van der Waals surface area contributed by atoms with E-state index in [-0.39, 0.29) is 30.7 Å². The van der Waals surface area contributed by atoms with Crippen molar-refractivity contribution in [3.63, 3.8) is 0 Å². The lowest BCUT2D eigenvalue weighted by atomic mass is 9.87. The van der Waals surface area contributed by atoms with Crippen LogP contribution < -0.4 is 10.1 Å². The van der Waals surface area contributed by atoms with Crippen LogP contribution in [0.3, 0.4) is 0 Å². The first-order valence-electron chi connectivity index (χ1n) is 12.1. The van der Waals surface area contributed by atoms with Crippen LogP contribution in [0.4, 0.5) is 19.3 Å². The minimum Gasteiger partial charge on any atom is -0.493 e. The summed E-state index contributed by atoms with van der Waals surface area (Å²) in [5.41, 5.74) is 3.96. The van der Waals surface area contributed by atoms with Crippen molar-refractivity contribution in [1.82, 2.24) is 9.88 Å². The van der Waals surface area contributed by atoms with Gasteiger partial charge in [-0.15, -0.1) is 0 Å². The van der Waals surface area contributed by atoms with Gasteiger partial charge in [0.15, 0.2) is 0 Å². The number of aryl methyl sites for hydroxylation is 1. The fourth-order valence-corrected chi connectivity index (χ4v) is 4.58. The van der Waals surface area contributed by atoms with Crippen molar-refractivity contribution in [3.8, 4) is 5.75 Å². The molecular weight excluding hydrogens is 436 g/mol. The number of likely N-dealkylation sites (tertiary alicyclic amines) is 1. The van der Waals surface area contributed by atoms with Gasteiger partial charge < -0.3 is 15.0 Å². The van der Waals surface area contributed by atoms with Crippen LogP contribution in [0.1, 0.15) is 50.3 Å². The molecule has 1 atom stereocenters. The number of alkyl halides is 2. The SMILES string of the molecule is Cc1ccc(NC(=O)N2CC/C(=C\c3cccc(OCC4CCC(F)(F)CC4)c3)C(C)C2)cn1. The molecule has 2 aromatic rings. The van der Waals surface area contributed by atoms with E-state index in [1.165, 1.54) is 5.57 Å². The molecule has 2 amide bonds. The first-order chi connectivity index (χ1) is 16.3. The number of rotatable bonds is 5. The Labute approximate surface area is 200 Å². The molecule has 1 saturated heterocycles. The van der Waals surface area contributed by atoms with Crippen LogP contribution in [0, 0.1) is 18.8 Å². The van der Waals surface area contributed by atoms with Gasteiger partial charge in [-0.2, -0.15) is 0 Å². The lowest BCUT2D eigenvalue weighted by Crippen LogP contribution is -2.42. The van der Waals surface area contributed by atoms with Crippen molar-refractivity contribution in [3.05, 3.63) is 59.4 Å². The number of benzene rings is 1. The molecule has 0 spiro atoms. The third-order valence-corrected chi connectivity index (χ3v) is 6.78. The summed E-state index contributed by atoms with van der Waals surface area (Å²) in [5, 5.41) is 2.92. The fraction of sp³-hybridized carbons (Fsp3) is 0.481. The van der Waals surface area contributed by atoms with Crippen LogP contribution in [-0.2, 0) is 0 Å². The zero-order valence-corrected chi connectivity index (χ0v) is 19.9. The molecule has 182 valence electrons. The van der Waals surface area contributed by atoms with Gasteiger partial charge in [-0.3, -0.25) is 4.98 Å². The average molecular weight is 470 g/mol. The number of hydrogen-bond donors (Lipinski definition) is 1. The number of nitrogens with one attached hydrogen (secondary N) is 1. The third-order valence-electron chi connectivity index (χ3n) is 6.78. The van der Waals surface area contributed by atoms with Gasteiger partial charge in [0, 0.05) is 31.6 Å². The molecule has 1 aromatic carbocycles. The van der Waals surface area contributed by atoms with Gasteiger partial charge in [0.2, 0.25) is 5.92 Å². The maximum Gasteiger partial charge on any atom is 0.321 e. The summed E-state index contributed by atoms with van der Waals surface area (Å²) in [5.74, 6) is -1.31. The molecule has 0 bridgehead atoms. The van der Waals surface area contributed by atoms with E-state index in [4.69, 9.17) is 4.74 Å². The highest BCUT2D eigenvalue weighted by Crippen LogP contribution is 2.36. The maximum atomic E-state index is 13.4. The molecule has 0 radical (unpaired) electrons. The molecule has 1 saturated carbocycles. The number of urea groups is 1. The molecule has 2 heterocycles. The molecule has 1 aliphatic carbocycles. The summed E-state index contributed by atoms with van der Waals surface area (Å²) >= 11 is 0. The lowest BCUT2D eigenvalue weighted by molar-refractivity contribution is -0.0498. The number of hydrogen-bond acceptors (Lipinski definition) is 3. The van der Waals surface area contributed by atoms with E-state index in [2.05, 4.69) is 23.3 Å². The topological polar surface area (TPSA) is 54.5 Å². The van der Waals surface area contributed by atoms with Crippen LogP contribution in [0.25, 0.3) is 6.08 Å². The Morgan fingerprint density at radius 3 is 2.76 bits per heavy atom. The number of aromatic nitrogens is 1. The summed E-state index contributed by atoms with van der Waals surface area (Å²) in [6.45, 7) is 5.84. The van der Waals surface area contributed by atoms with Crippen molar-refractivity contribution in [2.45, 2.75) is 51.9 Å². The molecule has 4 rings (SSSR count). The van der Waals surface area contributed by atoms with Gasteiger partial charge in [0.1, 0.15) is 5.75 Å². The quantitative estimate of drug-likeness (QED) is 0.540. The predicted octanol–water partition coefficient (Wildman–Crippen LogP) is 6.55. The number of anilines is 1. The predicted molar refractivity (Wildman–Crippen MR) is 130 cm³/mol. The number of amides is 2. The van der Waals surface area contributed by atoms with Gasteiger partial charge >= 0.3 is 6.03 Å². The normalized spacial score (nSPS) is 21.9. The van der Waals surface area contributed by atoms with Crippen LogP contribution in [0.2, 0.25) is 0 Å². The van der Waals surface area contributed by atoms with Gasteiger partial charge in [-0.05, 0) is 67.9 Å². The smallest absolute Gasteiger partial charge is 0.321 e.